The van der Waals surface area contributed by atoms with Gasteiger partial charge in [0, 0.05) is 48.7 Å². The first kappa shape index (κ1) is 22.1. The highest BCUT2D eigenvalue weighted by atomic mass is 32.2. The van der Waals surface area contributed by atoms with Crippen LogP contribution in [-0.4, -0.2) is 68.1 Å². The molecule has 1 aliphatic heterocycles. The molecule has 1 fully saturated rings. The fourth-order valence-electron chi connectivity index (χ4n) is 3.90. The van der Waals surface area contributed by atoms with Crippen LogP contribution >= 0.6 is 0 Å². The first-order valence-corrected chi connectivity index (χ1v) is 12.7. The molecule has 1 N–H and O–H groups in total. The van der Waals surface area contributed by atoms with Gasteiger partial charge in [-0.2, -0.15) is 9.78 Å². The standard InChI is InChI=1S/C24H29N5O2S/c1-19-15-21(20-7-5-4-6-8-20)9-10-22(19)17-27-11-13-28(14-12-27)24(30)29-18-23(16-25-29)26-32(2,3)31/h4-10,15-16,18H,2,11-14,17H2,1,3H3,(H,26,31). The number of nitrogens with zero attached hydrogens (tertiary/aromatic N) is 4. The number of amides is 1. The third kappa shape index (κ3) is 5.38. The normalized spacial score (nSPS) is 16.5. The average Bonchev–Trinajstić information content (AvgIpc) is 3.22. The highest BCUT2D eigenvalue weighted by molar-refractivity contribution is 8.00. The zero-order valence-corrected chi connectivity index (χ0v) is 19.3. The predicted molar refractivity (Wildman–Crippen MR) is 131 cm³/mol. The number of piperazine rings is 1. The summed E-state index contributed by atoms with van der Waals surface area (Å²) in [6.45, 7) is 5.92. The molecule has 168 valence electrons. The lowest BCUT2D eigenvalue weighted by Gasteiger charge is -2.34. The maximum Gasteiger partial charge on any atom is 0.344 e. The number of benzene rings is 2. The Labute approximate surface area is 189 Å². The summed E-state index contributed by atoms with van der Waals surface area (Å²) in [6.07, 6.45) is 4.55. The molecule has 2 aromatic carbocycles. The van der Waals surface area contributed by atoms with Crippen LogP contribution in [0.25, 0.3) is 11.1 Å². The van der Waals surface area contributed by atoms with Crippen LogP contribution in [0, 0.1) is 6.92 Å². The number of hydrogen-bond acceptors (Lipinski definition) is 4. The van der Waals surface area contributed by atoms with Gasteiger partial charge in [-0.3, -0.25) is 4.90 Å². The van der Waals surface area contributed by atoms with Crippen molar-refractivity contribution in [1.29, 1.82) is 0 Å². The molecule has 1 atom stereocenters. The minimum absolute atomic E-state index is 0.173. The number of rotatable bonds is 5. The number of carbonyl (C=O) groups excluding carboxylic acids is 1. The van der Waals surface area contributed by atoms with Crippen molar-refractivity contribution in [3.63, 3.8) is 0 Å². The molecule has 1 aliphatic rings. The summed E-state index contributed by atoms with van der Waals surface area (Å²) >= 11 is 0. The van der Waals surface area contributed by atoms with E-state index in [2.05, 4.69) is 70.0 Å². The molecular weight excluding hydrogens is 422 g/mol. The number of aryl methyl sites for hydroxylation is 1. The van der Waals surface area contributed by atoms with Crippen molar-refractivity contribution in [3.05, 3.63) is 72.1 Å². The summed E-state index contributed by atoms with van der Waals surface area (Å²) in [6, 6.07) is 16.9. The van der Waals surface area contributed by atoms with Crippen molar-refractivity contribution in [3.8, 4) is 11.1 Å². The van der Waals surface area contributed by atoms with Crippen LogP contribution in [0.15, 0.2) is 60.9 Å². The summed E-state index contributed by atoms with van der Waals surface area (Å²) in [5, 5.41) is 4.10. The van der Waals surface area contributed by atoms with Crippen LogP contribution < -0.4 is 4.72 Å². The quantitative estimate of drug-likeness (QED) is 0.604. The Bertz CT molecular complexity index is 1200. The highest BCUT2D eigenvalue weighted by Crippen LogP contribution is 2.23. The molecule has 4 rings (SSSR count). The van der Waals surface area contributed by atoms with E-state index in [0.717, 1.165) is 19.6 Å². The van der Waals surface area contributed by atoms with E-state index in [9.17, 15) is 9.00 Å². The van der Waals surface area contributed by atoms with Gasteiger partial charge in [0.1, 0.15) is 0 Å². The fraction of sp³-hybridized carbons (Fsp3) is 0.292. The molecule has 8 heteroatoms. The topological polar surface area (TPSA) is 70.5 Å². The minimum Gasteiger partial charge on any atom is -0.320 e. The maximum atomic E-state index is 12.8. The molecule has 0 bridgehead atoms. The van der Waals surface area contributed by atoms with E-state index in [1.165, 1.54) is 39.4 Å². The van der Waals surface area contributed by atoms with Gasteiger partial charge in [-0.1, -0.05) is 48.5 Å². The molecule has 7 nitrogen and oxygen atoms in total. The molecule has 0 spiro atoms. The highest BCUT2D eigenvalue weighted by Gasteiger charge is 2.23. The Hall–Kier alpha value is -3.10. The van der Waals surface area contributed by atoms with Crippen molar-refractivity contribution >= 4 is 27.3 Å². The minimum atomic E-state index is -2.41. The average molecular weight is 452 g/mol. The summed E-state index contributed by atoms with van der Waals surface area (Å²) in [4.78, 5) is 16.9. The second-order valence-electron chi connectivity index (χ2n) is 8.33. The Balaban J connectivity index is 1.33. The number of anilines is 1. The molecule has 1 amide bonds. The van der Waals surface area contributed by atoms with Gasteiger partial charge in [0.2, 0.25) is 0 Å². The SMILES string of the molecule is C=S(C)(=O)Nc1cnn(C(=O)N2CCN(Cc3ccc(-c4ccccc4)cc3C)CC2)c1. The smallest absolute Gasteiger partial charge is 0.320 e. The van der Waals surface area contributed by atoms with E-state index in [4.69, 9.17) is 0 Å². The number of hydrogen-bond donors (Lipinski definition) is 1. The van der Waals surface area contributed by atoms with Crippen molar-refractivity contribution in [2.75, 3.05) is 37.2 Å². The molecule has 0 saturated carbocycles. The van der Waals surface area contributed by atoms with Crippen LogP contribution in [0.4, 0.5) is 10.5 Å². The Morgan fingerprint density at radius 1 is 1.09 bits per heavy atom. The van der Waals surface area contributed by atoms with Crippen molar-refractivity contribution in [2.45, 2.75) is 13.5 Å². The van der Waals surface area contributed by atoms with Crippen LogP contribution in [0.5, 0.6) is 0 Å². The molecular formula is C24H29N5O2S. The Morgan fingerprint density at radius 2 is 1.81 bits per heavy atom. The van der Waals surface area contributed by atoms with Crippen molar-refractivity contribution < 1.29 is 9.00 Å². The van der Waals surface area contributed by atoms with E-state index >= 15 is 0 Å². The molecule has 0 aliphatic carbocycles. The molecule has 1 unspecified atom stereocenters. The number of carbonyl (C=O) groups is 1. The molecule has 1 aromatic heterocycles. The summed E-state index contributed by atoms with van der Waals surface area (Å²) < 4.78 is 15.8. The van der Waals surface area contributed by atoms with Gasteiger partial charge in [0.15, 0.2) is 0 Å². The van der Waals surface area contributed by atoms with Crippen molar-refractivity contribution in [1.82, 2.24) is 19.6 Å². The van der Waals surface area contributed by atoms with E-state index in [-0.39, 0.29) is 6.03 Å². The second-order valence-corrected chi connectivity index (χ2v) is 10.5. The fourth-order valence-corrected chi connectivity index (χ4v) is 4.50. The third-order valence-electron chi connectivity index (χ3n) is 5.60. The van der Waals surface area contributed by atoms with Gasteiger partial charge in [-0.05, 0) is 35.0 Å². The Kier molecular flexibility index (Phi) is 6.34. The van der Waals surface area contributed by atoms with E-state index in [1.54, 1.807) is 11.1 Å². The zero-order valence-electron chi connectivity index (χ0n) is 18.5. The van der Waals surface area contributed by atoms with E-state index in [0.29, 0.717) is 18.8 Å². The van der Waals surface area contributed by atoms with Gasteiger partial charge >= 0.3 is 6.03 Å². The lowest BCUT2D eigenvalue weighted by Crippen LogP contribution is -2.49. The van der Waals surface area contributed by atoms with E-state index < -0.39 is 9.71 Å². The monoisotopic (exact) mass is 451 g/mol. The first-order valence-electron chi connectivity index (χ1n) is 10.6. The summed E-state index contributed by atoms with van der Waals surface area (Å²) in [7, 11) is -2.41. The molecule has 3 aromatic rings. The molecule has 1 saturated heterocycles. The van der Waals surface area contributed by atoms with Crippen LogP contribution in [-0.2, 0) is 16.3 Å². The van der Waals surface area contributed by atoms with Gasteiger partial charge in [0.25, 0.3) is 0 Å². The van der Waals surface area contributed by atoms with E-state index in [1.807, 2.05) is 6.07 Å². The molecule has 0 radical (unpaired) electrons. The Morgan fingerprint density at radius 3 is 2.47 bits per heavy atom. The van der Waals surface area contributed by atoms with Crippen LogP contribution in [0.2, 0.25) is 0 Å². The zero-order chi connectivity index (χ0) is 22.7. The van der Waals surface area contributed by atoms with Crippen molar-refractivity contribution in [2.24, 2.45) is 0 Å². The van der Waals surface area contributed by atoms with Gasteiger partial charge in [-0.15, -0.1) is 0 Å². The predicted octanol–water partition coefficient (Wildman–Crippen LogP) is 3.32. The van der Waals surface area contributed by atoms with Gasteiger partial charge in [0.05, 0.1) is 18.1 Å². The molecule has 32 heavy (non-hydrogen) atoms. The lowest BCUT2D eigenvalue weighted by molar-refractivity contribution is 0.134. The lowest BCUT2D eigenvalue weighted by atomic mass is 9.99. The summed E-state index contributed by atoms with van der Waals surface area (Å²) in [5.74, 6) is 3.56. The third-order valence-corrected chi connectivity index (χ3v) is 6.27. The van der Waals surface area contributed by atoms with Crippen LogP contribution in [0.3, 0.4) is 0 Å². The largest absolute Gasteiger partial charge is 0.344 e. The summed E-state index contributed by atoms with van der Waals surface area (Å²) in [5.41, 5.74) is 5.56. The number of nitrogens with one attached hydrogen (secondary N) is 1. The van der Waals surface area contributed by atoms with Crippen LogP contribution in [0.1, 0.15) is 11.1 Å². The van der Waals surface area contributed by atoms with Gasteiger partial charge < -0.3 is 9.62 Å². The maximum absolute atomic E-state index is 12.8. The van der Waals surface area contributed by atoms with Gasteiger partial charge in [-0.25, -0.2) is 9.00 Å². The number of aromatic nitrogens is 2. The molecule has 2 heterocycles. The first-order chi connectivity index (χ1) is 15.3. The second kappa shape index (κ2) is 9.18.